The molecule has 1 aliphatic rings. The third kappa shape index (κ3) is 5.62. The molecule has 27 heavy (non-hydrogen) atoms. The fourth-order valence-electron chi connectivity index (χ4n) is 3.20. The van der Waals surface area contributed by atoms with Crippen molar-refractivity contribution in [2.45, 2.75) is 47.5 Å². The minimum absolute atomic E-state index is 0.0348. The molecule has 1 N–H and O–H groups in total. The second kappa shape index (κ2) is 9.11. The van der Waals surface area contributed by atoms with Gasteiger partial charge in [0.1, 0.15) is 11.5 Å². The number of amides is 2. The summed E-state index contributed by atoms with van der Waals surface area (Å²) in [6, 6.07) is 5.44. The number of likely N-dealkylation sites (tertiary alicyclic amines) is 1. The smallest absolute Gasteiger partial charge is 0.227 e. The van der Waals surface area contributed by atoms with E-state index in [0.717, 1.165) is 0 Å². The van der Waals surface area contributed by atoms with Gasteiger partial charge in [-0.3, -0.25) is 9.59 Å². The van der Waals surface area contributed by atoms with E-state index >= 15 is 0 Å². The monoisotopic (exact) mass is 376 g/mol. The van der Waals surface area contributed by atoms with Crippen molar-refractivity contribution in [3.8, 4) is 11.5 Å². The maximum atomic E-state index is 12.8. The summed E-state index contributed by atoms with van der Waals surface area (Å²) in [6.45, 7) is 11.9. The lowest BCUT2D eigenvalue weighted by Crippen LogP contribution is -2.45. The van der Waals surface area contributed by atoms with Gasteiger partial charge in [0.05, 0.1) is 18.9 Å². The van der Waals surface area contributed by atoms with Crippen LogP contribution in [0.25, 0.3) is 0 Å². The summed E-state index contributed by atoms with van der Waals surface area (Å²) in [5.41, 5.74) is 0.238. The average Bonchev–Trinajstić information content (AvgIpc) is 2.63. The van der Waals surface area contributed by atoms with Crippen LogP contribution in [0.2, 0.25) is 0 Å². The second-order valence-electron chi connectivity index (χ2n) is 7.83. The summed E-state index contributed by atoms with van der Waals surface area (Å²) < 4.78 is 11.1. The van der Waals surface area contributed by atoms with E-state index in [4.69, 9.17) is 9.47 Å². The minimum atomic E-state index is -0.388. The lowest BCUT2D eigenvalue weighted by atomic mass is 9.90. The topological polar surface area (TPSA) is 67.9 Å². The predicted octanol–water partition coefficient (Wildman–Crippen LogP) is 3.71. The molecule has 150 valence electrons. The molecule has 0 aliphatic carbocycles. The Kier molecular flexibility index (Phi) is 7.11. The number of anilines is 1. The molecule has 0 radical (unpaired) electrons. The first-order valence-corrected chi connectivity index (χ1v) is 9.76. The molecule has 1 aromatic rings. The second-order valence-corrected chi connectivity index (χ2v) is 7.83. The zero-order valence-corrected chi connectivity index (χ0v) is 17.1. The first kappa shape index (κ1) is 21.1. The Morgan fingerprint density at radius 1 is 1.11 bits per heavy atom. The third-order valence-electron chi connectivity index (χ3n) is 4.61. The van der Waals surface area contributed by atoms with Crippen LogP contribution in [0.3, 0.4) is 0 Å². The van der Waals surface area contributed by atoms with Gasteiger partial charge in [-0.1, -0.05) is 20.8 Å². The molecule has 1 aliphatic heterocycles. The fraction of sp³-hybridized carbons (Fsp3) is 0.619. The molecule has 2 rings (SSSR count). The summed E-state index contributed by atoms with van der Waals surface area (Å²) in [5.74, 6) is 1.33. The Morgan fingerprint density at radius 3 is 2.30 bits per heavy atom. The number of ether oxygens (including phenoxy) is 2. The molecular formula is C21H32N2O4. The Bertz CT molecular complexity index is 659. The van der Waals surface area contributed by atoms with Crippen molar-refractivity contribution in [3.05, 3.63) is 18.2 Å². The first-order chi connectivity index (χ1) is 12.8. The molecule has 1 fully saturated rings. The van der Waals surface area contributed by atoms with Gasteiger partial charge in [0.25, 0.3) is 0 Å². The summed E-state index contributed by atoms with van der Waals surface area (Å²) in [5, 5.41) is 2.99. The Balaban J connectivity index is 2.01. The molecule has 2 amide bonds. The SMILES string of the molecule is CCOc1ccc(OCC)c(NC(=O)C2CCN(C(=O)C(C)(C)C)CC2)c1. The first-order valence-electron chi connectivity index (χ1n) is 9.76. The summed E-state index contributed by atoms with van der Waals surface area (Å²) in [4.78, 5) is 27.0. The molecule has 0 bridgehead atoms. The van der Waals surface area contributed by atoms with Gasteiger partial charge >= 0.3 is 0 Å². The van der Waals surface area contributed by atoms with Gasteiger partial charge in [0, 0.05) is 30.5 Å². The highest BCUT2D eigenvalue weighted by Gasteiger charge is 2.32. The van der Waals surface area contributed by atoms with Gasteiger partial charge in [-0.05, 0) is 38.8 Å². The van der Waals surface area contributed by atoms with Gasteiger partial charge < -0.3 is 19.7 Å². The van der Waals surface area contributed by atoms with Crippen molar-refractivity contribution >= 4 is 17.5 Å². The van der Waals surface area contributed by atoms with Crippen LogP contribution >= 0.6 is 0 Å². The van der Waals surface area contributed by atoms with Crippen LogP contribution in [0.1, 0.15) is 47.5 Å². The minimum Gasteiger partial charge on any atom is -0.494 e. The quantitative estimate of drug-likeness (QED) is 0.822. The summed E-state index contributed by atoms with van der Waals surface area (Å²) >= 11 is 0. The van der Waals surface area contributed by atoms with E-state index < -0.39 is 0 Å². The number of carbonyl (C=O) groups is 2. The van der Waals surface area contributed by atoms with Crippen LogP contribution < -0.4 is 14.8 Å². The maximum Gasteiger partial charge on any atom is 0.227 e. The Labute approximate surface area is 162 Å². The van der Waals surface area contributed by atoms with Crippen molar-refractivity contribution in [1.29, 1.82) is 0 Å². The molecule has 1 saturated heterocycles. The van der Waals surface area contributed by atoms with E-state index in [1.807, 2.05) is 51.7 Å². The van der Waals surface area contributed by atoms with Crippen LogP contribution in [0.4, 0.5) is 5.69 Å². The van der Waals surface area contributed by atoms with Crippen molar-refractivity contribution in [2.24, 2.45) is 11.3 Å². The van der Waals surface area contributed by atoms with Crippen LogP contribution in [-0.2, 0) is 9.59 Å². The fourth-order valence-corrected chi connectivity index (χ4v) is 3.20. The van der Waals surface area contributed by atoms with Gasteiger partial charge in [0.2, 0.25) is 11.8 Å². The van der Waals surface area contributed by atoms with E-state index in [2.05, 4.69) is 5.32 Å². The van der Waals surface area contributed by atoms with Crippen molar-refractivity contribution in [3.63, 3.8) is 0 Å². The van der Waals surface area contributed by atoms with E-state index in [9.17, 15) is 9.59 Å². The number of carbonyl (C=O) groups excluding carboxylic acids is 2. The largest absolute Gasteiger partial charge is 0.494 e. The number of benzene rings is 1. The van der Waals surface area contributed by atoms with Gasteiger partial charge in [-0.25, -0.2) is 0 Å². The van der Waals surface area contributed by atoms with Gasteiger partial charge in [-0.15, -0.1) is 0 Å². The summed E-state index contributed by atoms with van der Waals surface area (Å²) in [7, 11) is 0. The molecule has 1 aromatic carbocycles. The zero-order valence-electron chi connectivity index (χ0n) is 17.1. The molecule has 6 nitrogen and oxygen atoms in total. The molecule has 0 atom stereocenters. The number of hydrogen-bond donors (Lipinski definition) is 1. The summed E-state index contributed by atoms with van der Waals surface area (Å²) in [6.07, 6.45) is 1.34. The highest BCUT2D eigenvalue weighted by atomic mass is 16.5. The lowest BCUT2D eigenvalue weighted by molar-refractivity contribution is -0.142. The molecular weight excluding hydrogens is 344 g/mol. The van der Waals surface area contributed by atoms with Crippen molar-refractivity contribution < 1.29 is 19.1 Å². The van der Waals surface area contributed by atoms with E-state index in [-0.39, 0.29) is 23.1 Å². The van der Waals surface area contributed by atoms with E-state index in [1.54, 1.807) is 6.07 Å². The van der Waals surface area contributed by atoms with Crippen LogP contribution in [0.5, 0.6) is 11.5 Å². The Morgan fingerprint density at radius 2 is 1.74 bits per heavy atom. The number of rotatable bonds is 6. The van der Waals surface area contributed by atoms with E-state index in [1.165, 1.54) is 0 Å². The van der Waals surface area contributed by atoms with Crippen molar-refractivity contribution in [2.75, 3.05) is 31.6 Å². The highest BCUT2D eigenvalue weighted by molar-refractivity contribution is 5.94. The predicted molar refractivity (Wildman–Crippen MR) is 106 cm³/mol. The standard InChI is InChI=1S/C21H32N2O4/c1-6-26-16-8-9-18(27-7-2)17(14-16)22-19(24)15-10-12-23(13-11-15)20(25)21(3,4)5/h8-9,14-15H,6-7,10-13H2,1-5H3,(H,22,24). The normalized spacial score (nSPS) is 15.4. The van der Waals surface area contributed by atoms with Crippen LogP contribution in [0, 0.1) is 11.3 Å². The third-order valence-corrected chi connectivity index (χ3v) is 4.61. The Hall–Kier alpha value is -2.24. The molecule has 0 aromatic heterocycles. The van der Waals surface area contributed by atoms with Gasteiger partial charge in [-0.2, -0.15) is 0 Å². The van der Waals surface area contributed by atoms with Crippen molar-refractivity contribution in [1.82, 2.24) is 4.90 Å². The molecule has 0 spiro atoms. The molecule has 1 heterocycles. The highest BCUT2D eigenvalue weighted by Crippen LogP contribution is 2.31. The molecule has 0 unspecified atom stereocenters. The maximum absolute atomic E-state index is 12.8. The molecule has 6 heteroatoms. The zero-order chi connectivity index (χ0) is 20.0. The molecule has 0 saturated carbocycles. The van der Waals surface area contributed by atoms with Crippen LogP contribution in [-0.4, -0.2) is 43.0 Å². The van der Waals surface area contributed by atoms with E-state index in [0.29, 0.717) is 56.3 Å². The average molecular weight is 376 g/mol. The number of hydrogen-bond acceptors (Lipinski definition) is 4. The van der Waals surface area contributed by atoms with Gasteiger partial charge in [0.15, 0.2) is 0 Å². The number of piperidine rings is 1. The van der Waals surface area contributed by atoms with Crippen LogP contribution in [0.15, 0.2) is 18.2 Å². The lowest BCUT2D eigenvalue weighted by Gasteiger charge is -2.35. The number of nitrogens with zero attached hydrogens (tertiary/aromatic N) is 1. The number of nitrogens with one attached hydrogen (secondary N) is 1.